The average Bonchev–Trinajstić information content (AvgIpc) is 3.12. The molecule has 0 bridgehead atoms. The first-order valence-electron chi connectivity index (χ1n) is 11.8. The second-order valence-corrected chi connectivity index (χ2v) is 8.75. The van der Waals surface area contributed by atoms with Crippen molar-refractivity contribution in [2.45, 2.75) is 33.7 Å². The summed E-state index contributed by atoms with van der Waals surface area (Å²) >= 11 is 0. The third-order valence-corrected chi connectivity index (χ3v) is 6.69. The third-order valence-electron chi connectivity index (χ3n) is 6.69. The topological polar surface area (TPSA) is 81.1 Å². The Labute approximate surface area is 205 Å². The maximum atomic E-state index is 13.3. The molecule has 0 aliphatic carbocycles. The number of Topliss-reactive ketones (excluding diaryl/α,β-unsaturated/α-hetero) is 1. The molecule has 4 rings (SSSR count). The summed E-state index contributed by atoms with van der Waals surface area (Å²) in [7, 11) is 0. The number of carbonyl (C=O) groups excluding carboxylic acids is 2. The van der Waals surface area contributed by atoms with Crippen LogP contribution in [0, 0.1) is 13.8 Å². The number of hydrogen-bond donors (Lipinski definition) is 2. The number of ketones is 1. The van der Waals surface area contributed by atoms with Crippen molar-refractivity contribution in [3.63, 3.8) is 0 Å². The number of aromatic hydroxyl groups is 1. The van der Waals surface area contributed by atoms with Crippen molar-refractivity contribution in [3.8, 4) is 5.75 Å². The summed E-state index contributed by atoms with van der Waals surface area (Å²) in [6.45, 7) is 9.75. The Hall–Kier alpha value is -4.06. The van der Waals surface area contributed by atoms with E-state index in [9.17, 15) is 19.8 Å². The van der Waals surface area contributed by atoms with Crippen LogP contribution in [0.25, 0.3) is 5.76 Å². The minimum atomic E-state index is -0.837. The van der Waals surface area contributed by atoms with E-state index >= 15 is 0 Å². The largest absolute Gasteiger partial charge is 0.508 e. The summed E-state index contributed by atoms with van der Waals surface area (Å²) in [5.41, 5.74) is 4.72. The number of nitrogens with zero attached hydrogens (tertiary/aromatic N) is 2. The monoisotopic (exact) mass is 470 g/mol. The lowest BCUT2D eigenvalue weighted by atomic mass is 9.94. The molecule has 1 atom stereocenters. The van der Waals surface area contributed by atoms with Crippen molar-refractivity contribution >= 4 is 28.8 Å². The lowest BCUT2D eigenvalue weighted by Gasteiger charge is -2.27. The van der Waals surface area contributed by atoms with Gasteiger partial charge < -0.3 is 15.1 Å². The van der Waals surface area contributed by atoms with Crippen LogP contribution in [-0.4, -0.2) is 35.0 Å². The molecule has 1 unspecified atom stereocenters. The van der Waals surface area contributed by atoms with E-state index in [1.807, 2.05) is 50.2 Å². The van der Waals surface area contributed by atoms with Gasteiger partial charge in [-0.15, -0.1) is 0 Å². The van der Waals surface area contributed by atoms with E-state index in [0.717, 1.165) is 29.9 Å². The number of hydrogen-bond acceptors (Lipinski definition) is 5. The number of phenolic OH excluding ortho intramolecular Hbond substituents is 1. The van der Waals surface area contributed by atoms with Gasteiger partial charge in [0.25, 0.3) is 11.7 Å². The van der Waals surface area contributed by atoms with Crippen molar-refractivity contribution in [2.24, 2.45) is 0 Å². The van der Waals surface area contributed by atoms with Crippen LogP contribution in [0.15, 0.2) is 72.3 Å². The molecular formula is C29H30N2O4. The van der Waals surface area contributed by atoms with Gasteiger partial charge in [-0.2, -0.15) is 0 Å². The standard InChI is InChI=1S/C29H30N2O4/c1-5-30(6-2)22-11-13-23(14-12-22)31-26(20-9-15-24(32)16-10-20)25(28(34)29(31)35)27(33)21-8-7-18(3)19(4)17-21/h7-17,26,32-33H,5-6H2,1-4H3/b27-25-. The summed E-state index contributed by atoms with van der Waals surface area (Å²) in [5.74, 6) is -1.59. The molecule has 0 radical (unpaired) electrons. The molecule has 6 heteroatoms. The van der Waals surface area contributed by atoms with Crippen LogP contribution >= 0.6 is 0 Å². The summed E-state index contributed by atoms with van der Waals surface area (Å²) < 4.78 is 0. The van der Waals surface area contributed by atoms with Gasteiger partial charge in [-0.1, -0.05) is 24.3 Å². The number of rotatable bonds is 6. The molecule has 0 aromatic heterocycles. The molecule has 1 fully saturated rings. The lowest BCUT2D eigenvalue weighted by molar-refractivity contribution is -0.132. The van der Waals surface area contributed by atoms with Crippen LogP contribution in [0.2, 0.25) is 0 Å². The second-order valence-electron chi connectivity index (χ2n) is 8.75. The summed E-state index contributed by atoms with van der Waals surface area (Å²) in [6, 6.07) is 18.4. The predicted molar refractivity (Wildman–Crippen MR) is 139 cm³/mol. The van der Waals surface area contributed by atoms with Gasteiger partial charge in [0.2, 0.25) is 0 Å². The number of aliphatic hydroxyl groups excluding tert-OH is 1. The van der Waals surface area contributed by atoms with Crippen LogP contribution in [0.3, 0.4) is 0 Å². The Morgan fingerprint density at radius 1 is 0.886 bits per heavy atom. The maximum absolute atomic E-state index is 13.3. The number of benzene rings is 3. The molecule has 35 heavy (non-hydrogen) atoms. The fourth-order valence-electron chi connectivity index (χ4n) is 4.53. The molecule has 0 saturated carbocycles. The van der Waals surface area contributed by atoms with E-state index in [0.29, 0.717) is 16.8 Å². The Bertz CT molecular complexity index is 1290. The Morgan fingerprint density at radius 2 is 1.51 bits per heavy atom. The van der Waals surface area contributed by atoms with Crippen LogP contribution in [0.1, 0.15) is 42.1 Å². The molecule has 1 heterocycles. The molecular weight excluding hydrogens is 440 g/mol. The minimum Gasteiger partial charge on any atom is -0.508 e. The Kier molecular flexibility index (Phi) is 6.65. The molecule has 6 nitrogen and oxygen atoms in total. The predicted octanol–water partition coefficient (Wildman–Crippen LogP) is 5.48. The number of aryl methyl sites for hydroxylation is 2. The highest BCUT2D eigenvalue weighted by Gasteiger charge is 2.47. The van der Waals surface area contributed by atoms with Gasteiger partial charge in [-0.05, 0) is 86.8 Å². The zero-order valence-corrected chi connectivity index (χ0v) is 20.4. The Morgan fingerprint density at radius 3 is 2.09 bits per heavy atom. The van der Waals surface area contributed by atoms with Gasteiger partial charge in [-0.25, -0.2) is 0 Å². The lowest BCUT2D eigenvalue weighted by Crippen LogP contribution is -2.29. The molecule has 1 aliphatic heterocycles. The van der Waals surface area contributed by atoms with Gasteiger partial charge in [0.05, 0.1) is 11.6 Å². The zero-order valence-electron chi connectivity index (χ0n) is 20.4. The van der Waals surface area contributed by atoms with Crippen LogP contribution in [0.4, 0.5) is 11.4 Å². The second kappa shape index (κ2) is 9.66. The molecule has 2 N–H and O–H groups in total. The van der Waals surface area contributed by atoms with Crippen molar-refractivity contribution in [3.05, 3.63) is 94.6 Å². The van der Waals surface area contributed by atoms with E-state index < -0.39 is 17.7 Å². The fourth-order valence-corrected chi connectivity index (χ4v) is 4.53. The van der Waals surface area contributed by atoms with Gasteiger partial charge in [0.15, 0.2) is 0 Å². The van der Waals surface area contributed by atoms with E-state index in [1.54, 1.807) is 18.2 Å². The smallest absolute Gasteiger partial charge is 0.300 e. The van der Waals surface area contributed by atoms with Crippen molar-refractivity contribution in [2.75, 3.05) is 22.9 Å². The number of carbonyl (C=O) groups is 2. The zero-order chi connectivity index (χ0) is 25.3. The van der Waals surface area contributed by atoms with Gasteiger partial charge in [-0.3, -0.25) is 14.5 Å². The first kappa shape index (κ1) is 24.1. The minimum absolute atomic E-state index is 0.0248. The number of aliphatic hydroxyl groups is 1. The number of anilines is 2. The van der Waals surface area contributed by atoms with Crippen molar-refractivity contribution in [1.82, 2.24) is 0 Å². The normalized spacial score (nSPS) is 17.1. The van der Waals surface area contributed by atoms with Crippen LogP contribution < -0.4 is 9.80 Å². The van der Waals surface area contributed by atoms with E-state index in [4.69, 9.17) is 0 Å². The van der Waals surface area contributed by atoms with Crippen LogP contribution in [-0.2, 0) is 9.59 Å². The fraction of sp³-hybridized carbons (Fsp3) is 0.241. The third kappa shape index (κ3) is 4.39. The molecule has 3 aromatic carbocycles. The Balaban J connectivity index is 1.88. The number of amides is 1. The quantitative estimate of drug-likeness (QED) is 0.283. The highest BCUT2D eigenvalue weighted by atomic mass is 16.3. The molecule has 1 saturated heterocycles. The summed E-state index contributed by atoms with van der Waals surface area (Å²) in [4.78, 5) is 30.2. The van der Waals surface area contributed by atoms with Gasteiger partial charge in [0, 0.05) is 30.0 Å². The SMILES string of the molecule is CCN(CC)c1ccc(N2C(=O)C(=O)/C(=C(\O)c3ccc(C)c(C)c3)C2c2ccc(O)cc2)cc1. The molecule has 1 aliphatic rings. The number of phenols is 1. The van der Waals surface area contributed by atoms with Crippen molar-refractivity contribution < 1.29 is 19.8 Å². The maximum Gasteiger partial charge on any atom is 0.300 e. The average molecular weight is 471 g/mol. The molecule has 1 amide bonds. The first-order valence-corrected chi connectivity index (χ1v) is 11.8. The van der Waals surface area contributed by atoms with Crippen LogP contribution in [0.5, 0.6) is 5.75 Å². The van der Waals surface area contributed by atoms with Gasteiger partial charge in [0.1, 0.15) is 11.5 Å². The van der Waals surface area contributed by atoms with E-state index in [2.05, 4.69) is 18.7 Å². The molecule has 180 valence electrons. The first-order chi connectivity index (χ1) is 16.8. The van der Waals surface area contributed by atoms with Gasteiger partial charge >= 0.3 is 0 Å². The highest BCUT2D eigenvalue weighted by molar-refractivity contribution is 6.51. The molecule has 3 aromatic rings. The molecule has 0 spiro atoms. The van der Waals surface area contributed by atoms with E-state index in [1.165, 1.54) is 17.0 Å². The van der Waals surface area contributed by atoms with Crippen molar-refractivity contribution in [1.29, 1.82) is 0 Å². The summed E-state index contributed by atoms with van der Waals surface area (Å²) in [5, 5.41) is 21.1. The highest BCUT2D eigenvalue weighted by Crippen LogP contribution is 2.42. The summed E-state index contributed by atoms with van der Waals surface area (Å²) in [6.07, 6.45) is 0. The van der Waals surface area contributed by atoms with E-state index in [-0.39, 0.29) is 17.1 Å².